The molecule has 0 spiro atoms. The van der Waals surface area contributed by atoms with Crippen LogP contribution < -0.4 is 10.6 Å². The van der Waals surface area contributed by atoms with Gasteiger partial charge < -0.3 is 10.6 Å². The van der Waals surface area contributed by atoms with Crippen LogP contribution in [0.3, 0.4) is 0 Å². The van der Waals surface area contributed by atoms with Crippen LogP contribution in [0.1, 0.15) is 22.3 Å². The van der Waals surface area contributed by atoms with Crippen molar-refractivity contribution in [2.24, 2.45) is 4.99 Å². The third kappa shape index (κ3) is 7.15. The Labute approximate surface area is 230 Å². The Morgan fingerprint density at radius 1 is 1.13 bits per heavy atom. The molecule has 12 heteroatoms. The molecule has 0 saturated heterocycles. The molecular formula is C26H27N5O4S3. The van der Waals surface area contributed by atoms with E-state index in [1.807, 2.05) is 48.1 Å². The molecule has 1 aliphatic rings. The molecule has 198 valence electrons. The Hall–Kier alpha value is -3.35. The van der Waals surface area contributed by atoms with Gasteiger partial charge in [-0.15, -0.1) is 11.8 Å². The smallest absolute Gasteiger partial charge is 0.253 e. The van der Waals surface area contributed by atoms with Gasteiger partial charge >= 0.3 is 0 Å². The number of pyridine rings is 1. The van der Waals surface area contributed by atoms with E-state index in [1.54, 1.807) is 24.2 Å². The van der Waals surface area contributed by atoms with Crippen LogP contribution in [-0.2, 0) is 14.8 Å². The molecule has 0 bridgehead atoms. The predicted octanol–water partition coefficient (Wildman–Crippen LogP) is 3.47. The number of benzene rings is 1. The van der Waals surface area contributed by atoms with Gasteiger partial charge in [-0.25, -0.2) is 13.4 Å². The number of hydrogen-bond acceptors (Lipinski definition) is 8. The summed E-state index contributed by atoms with van der Waals surface area (Å²) in [6.07, 6.45) is 9.39. The highest BCUT2D eigenvalue weighted by Crippen LogP contribution is 2.28. The minimum absolute atomic E-state index is 0.155. The van der Waals surface area contributed by atoms with E-state index in [-0.39, 0.29) is 11.5 Å². The summed E-state index contributed by atoms with van der Waals surface area (Å²) in [5.41, 5.74) is 3.89. The van der Waals surface area contributed by atoms with Crippen LogP contribution in [0.15, 0.2) is 77.7 Å². The largest absolute Gasteiger partial charge is 0.340 e. The van der Waals surface area contributed by atoms with Gasteiger partial charge in [0.2, 0.25) is 15.9 Å². The van der Waals surface area contributed by atoms with Crippen LogP contribution in [0.2, 0.25) is 0 Å². The molecule has 3 aromatic rings. The number of carbonyl (C=O) groups is 2. The SMILES string of the molecule is CSCCC(NC(=O)c1ccn(S(C)(=O)=O)c1)C(=O)NC1=NC(c2cccc(-c3ccncc3)c2)=CSC1. The quantitative estimate of drug-likeness (QED) is 0.405. The fourth-order valence-electron chi connectivity index (χ4n) is 3.70. The Bertz CT molecular complexity index is 1480. The minimum Gasteiger partial charge on any atom is -0.340 e. The Kier molecular flexibility index (Phi) is 9.08. The molecule has 1 aromatic carbocycles. The van der Waals surface area contributed by atoms with Crippen molar-refractivity contribution >= 4 is 56.9 Å². The van der Waals surface area contributed by atoms with Gasteiger partial charge in [-0.3, -0.25) is 18.5 Å². The van der Waals surface area contributed by atoms with Crippen molar-refractivity contribution in [1.29, 1.82) is 0 Å². The molecule has 0 aliphatic carbocycles. The first-order valence-electron chi connectivity index (χ1n) is 11.6. The molecule has 1 unspecified atom stereocenters. The van der Waals surface area contributed by atoms with Gasteiger partial charge in [-0.05, 0) is 59.2 Å². The van der Waals surface area contributed by atoms with Gasteiger partial charge in [0.25, 0.3) is 5.91 Å². The zero-order valence-electron chi connectivity index (χ0n) is 20.8. The molecule has 2 aromatic heterocycles. The number of nitrogens with zero attached hydrogens (tertiary/aromatic N) is 3. The number of aromatic nitrogens is 2. The predicted molar refractivity (Wildman–Crippen MR) is 155 cm³/mol. The molecule has 38 heavy (non-hydrogen) atoms. The lowest BCUT2D eigenvalue weighted by molar-refractivity contribution is -0.121. The summed E-state index contributed by atoms with van der Waals surface area (Å²) in [6, 6.07) is 12.5. The maximum Gasteiger partial charge on any atom is 0.253 e. The summed E-state index contributed by atoms with van der Waals surface area (Å²) in [5.74, 6) is 0.734. The maximum atomic E-state index is 13.2. The normalized spacial score (nSPS) is 14.3. The van der Waals surface area contributed by atoms with E-state index in [9.17, 15) is 18.0 Å². The molecule has 1 atom stereocenters. The summed E-state index contributed by atoms with van der Waals surface area (Å²) in [5, 5.41) is 7.57. The van der Waals surface area contributed by atoms with Gasteiger partial charge in [0, 0.05) is 30.4 Å². The number of thioether (sulfide) groups is 2. The molecule has 9 nitrogen and oxygen atoms in total. The highest BCUT2D eigenvalue weighted by molar-refractivity contribution is 8.03. The average molecular weight is 570 g/mol. The molecule has 4 rings (SSSR count). The average Bonchev–Trinajstić information content (AvgIpc) is 3.43. The van der Waals surface area contributed by atoms with E-state index in [2.05, 4.69) is 20.6 Å². The van der Waals surface area contributed by atoms with E-state index in [0.29, 0.717) is 23.8 Å². The summed E-state index contributed by atoms with van der Waals surface area (Å²) in [7, 11) is -3.51. The van der Waals surface area contributed by atoms with Crippen LogP contribution in [0, 0.1) is 0 Å². The fourth-order valence-corrected chi connectivity index (χ4v) is 5.48. The van der Waals surface area contributed by atoms with Gasteiger partial charge in [0.15, 0.2) is 0 Å². The molecular weight excluding hydrogens is 543 g/mol. The first kappa shape index (κ1) is 27.7. The van der Waals surface area contributed by atoms with Gasteiger partial charge in [0.1, 0.15) is 11.9 Å². The molecule has 1 aliphatic heterocycles. The van der Waals surface area contributed by atoms with E-state index >= 15 is 0 Å². The zero-order chi connectivity index (χ0) is 27.1. The molecule has 0 saturated carbocycles. The topological polar surface area (TPSA) is 123 Å². The number of rotatable bonds is 9. The minimum atomic E-state index is -3.51. The standard InChI is InChI=1S/C26H27N5O4S3/c1-36-13-9-22(29-25(32)21-8-12-31(15-21)38(2,34)35)26(33)30-24-17-37-16-23(28-24)20-5-3-4-19(14-20)18-6-10-27-11-7-18/h3-8,10-12,14-16,22H,9,13,17H2,1-2H3,(H,29,32)(H,28,30,33). The second kappa shape index (κ2) is 12.5. The lowest BCUT2D eigenvalue weighted by atomic mass is 10.0. The lowest BCUT2D eigenvalue weighted by Crippen LogP contribution is -2.49. The maximum absolute atomic E-state index is 13.2. The second-order valence-electron chi connectivity index (χ2n) is 8.48. The highest BCUT2D eigenvalue weighted by Gasteiger charge is 2.24. The lowest BCUT2D eigenvalue weighted by Gasteiger charge is -2.20. The number of amides is 2. The summed E-state index contributed by atoms with van der Waals surface area (Å²) < 4.78 is 24.4. The van der Waals surface area contributed by atoms with Gasteiger partial charge in [-0.1, -0.05) is 18.2 Å². The fraction of sp³-hybridized carbons (Fsp3) is 0.231. The summed E-state index contributed by atoms with van der Waals surface area (Å²) in [6.45, 7) is 0. The molecule has 2 N–H and O–H groups in total. The number of carbonyl (C=O) groups excluding carboxylic acids is 2. The first-order valence-corrected chi connectivity index (χ1v) is 15.9. The number of amidine groups is 1. The monoisotopic (exact) mass is 569 g/mol. The van der Waals surface area contributed by atoms with Crippen LogP contribution in [0.25, 0.3) is 16.8 Å². The number of nitrogens with one attached hydrogen (secondary N) is 2. The Morgan fingerprint density at radius 2 is 1.89 bits per heavy atom. The Balaban J connectivity index is 1.47. The number of hydrogen-bond donors (Lipinski definition) is 2. The van der Waals surface area contributed by atoms with E-state index in [1.165, 1.54) is 30.2 Å². The van der Waals surface area contributed by atoms with Crippen molar-refractivity contribution in [3.63, 3.8) is 0 Å². The van der Waals surface area contributed by atoms with Crippen molar-refractivity contribution in [2.45, 2.75) is 12.5 Å². The van der Waals surface area contributed by atoms with Crippen LogP contribution >= 0.6 is 23.5 Å². The van der Waals surface area contributed by atoms with Crippen LogP contribution in [0.4, 0.5) is 0 Å². The van der Waals surface area contributed by atoms with Gasteiger partial charge in [-0.2, -0.15) is 11.8 Å². The van der Waals surface area contributed by atoms with Crippen molar-refractivity contribution in [3.8, 4) is 11.1 Å². The summed E-state index contributed by atoms with van der Waals surface area (Å²) in [4.78, 5) is 34.7. The van der Waals surface area contributed by atoms with Crippen LogP contribution in [0.5, 0.6) is 0 Å². The zero-order valence-corrected chi connectivity index (χ0v) is 23.3. The van der Waals surface area contributed by atoms with Crippen molar-refractivity contribution in [1.82, 2.24) is 19.6 Å². The second-order valence-corrected chi connectivity index (χ2v) is 12.2. The third-order valence-electron chi connectivity index (χ3n) is 5.65. The van der Waals surface area contributed by atoms with E-state index < -0.39 is 22.0 Å². The van der Waals surface area contributed by atoms with Crippen molar-refractivity contribution in [2.75, 3.05) is 24.0 Å². The van der Waals surface area contributed by atoms with E-state index in [4.69, 9.17) is 0 Å². The molecule has 2 amide bonds. The van der Waals surface area contributed by atoms with Crippen LogP contribution in [-0.4, -0.2) is 65.1 Å². The molecule has 3 heterocycles. The summed E-state index contributed by atoms with van der Waals surface area (Å²) >= 11 is 3.09. The molecule has 0 radical (unpaired) electrons. The highest BCUT2D eigenvalue weighted by atomic mass is 32.2. The van der Waals surface area contributed by atoms with Crippen molar-refractivity contribution in [3.05, 3.63) is 83.8 Å². The molecule has 0 fully saturated rings. The third-order valence-corrected chi connectivity index (χ3v) is 8.12. The Morgan fingerprint density at radius 3 is 2.61 bits per heavy atom. The van der Waals surface area contributed by atoms with Gasteiger partial charge in [0.05, 0.1) is 23.3 Å². The van der Waals surface area contributed by atoms with Crippen molar-refractivity contribution < 1.29 is 18.0 Å². The first-order chi connectivity index (χ1) is 18.2. The van der Waals surface area contributed by atoms with E-state index in [0.717, 1.165) is 32.6 Å². The number of aliphatic imine (C=N–C) groups is 1.